The summed E-state index contributed by atoms with van der Waals surface area (Å²) >= 11 is 0. The lowest BCUT2D eigenvalue weighted by Crippen LogP contribution is -2.36. The van der Waals surface area contributed by atoms with Crippen molar-refractivity contribution in [2.45, 2.75) is 52.8 Å². The average Bonchev–Trinajstić information content (AvgIpc) is 2.31. The van der Waals surface area contributed by atoms with E-state index in [1.54, 1.807) is 0 Å². The van der Waals surface area contributed by atoms with E-state index >= 15 is 0 Å². The quantitative estimate of drug-likeness (QED) is 0.437. The first-order chi connectivity index (χ1) is 7.69. The number of hydrogen-bond donors (Lipinski definition) is 0. The first-order valence-electron chi connectivity index (χ1n) is 7.15. The molecule has 0 aromatic heterocycles. The molecule has 0 N–H and O–H groups in total. The third-order valence-electron chi connectivity index (χ3n) is 3.68. The predicted molar refractivity (Wildman–Crippen MR) is 81.6 cm³/mol. The fourth-order valence-corrected chi connectivity index (χ4v) is 7.01. The molecule has 0 aliphatic carbocycles. The highest BCUT2D eigenvalue weighted by atomic mass is 28.3. The van der Waals surface area contributed by atoms with Crippen molar-refractivity contribution in [3.63, 3.8) is 0 Å². The SMILES string of the molecule is CCN(CC)[SiH2]CCC[SiH](C)N(CC)CC. The van der Waals surface area contributed by atoms with Gasteiger partial charge in [-0.05, 0) is 32.2 Å². The summed E-state index contributed by atoms with van der Waals surface area (Å²) < 4.78 is 5.38. The molecule has 0 aromatic rings. The lowest BCUT2D eigenvalue weighted by Gasteiger charge is -2.25. The first kappa shape index (κ1) is 16.4. The average molecular weight is 261 g/mol. The number of rotatable bonds is 10. The zero-order valence-electron chi connectivity index (χ0n) is 12.1. The molecule has 0 radical (unpaired) electrons. The Balaban J connectivity index is 3.57. The normalized spacial score (nSPS) is 14.4. The molecule has 2 nitrogen and oxygen atoms in total. The topological polar surface area (TPSA) is 6.48 Å². The van der Waals surface area contributed by atoms with Crippen LogP contribution in [0.1, 0.15) is 34.1 Å². The molecule has 0 spiro atoms. The van der Waals surface area contributed by atoms with Crippen LogP contribution in [0.25, 0.3) is 0 Å². The van der Waals surface area contributed by atoms with Crippen LogP contribution in [0.15, 0.2) is 0 Å². The maximum absolute atomic E-state index is 2.71. The van der Waals surface area contributed by atoms with Crippen molar-refractivity contribution in [1.82, 2.24) is 9.13 Å². The highest BCUT2D eigenvalue weighted by molar-refractivity contribution is 6.54. The minimum Gasteiger partial charge on any atom is -0.330 e. The Morgan fingerprint density at radius 2 is 1.50 bits per heavy atom. The highest BCUT2D eigenvalue weighted by Gasteiger charge is 2.11. The van der Waals surface area contributed by atoms with Crippen LogP contribution in [-0.4, -0.2) is 53.9 Å². The van der Waals surface area contributed by atoms with Gasteiger partial charge in [0, 0.05) is 0 Å². The first-order valence-corrected chi connectivity index (χ1v) is 11.3. The molecule has 0 saturated carbocycles. The van der Waals surface area contributed by atoms with Gasteiger partial charge in [0.25, 0.3) is 0 Å². The molecule has 0 heterocycles. The smallest absolute Gasteiger partial charge is 0.108 e. The van der Waals surface area contributed by atoms with Crippen molar-refractivity contribution < 1.29 is 0 Å². The molecule has 0 aliphatic heterocycles. The Morgan fingerprint density at radius 1 is 0.938 bits per heavy atom. The minimum absolute atomic E-state index is 0.0822. The van der Waals surface area contributed by atoms with Crippen LogP contribution < -0.4 is 0 Å². The van der Waals surface area contributed by atoms with Gasteiger partial charge in [-0.15, -0.1) is 0 Å². The van der Waals surface area contributed by atoms with Crippen molar-refractivity contribution in [3.8, 4) is 0 Å². The molecule has 1 unspecified atom stereocenters. The van der Waals surface area contributed by atoms with Gasteiger partial charge in [-0.3, -0.25) is 0 Å². The third kappa shape index (κ3) is 6.83. The van der Waals surface area contributed by atoms with E-state index in [2.05, 4.69) is 43.4 Å². The predicted octanol–water partition coefficient (Wildman–Crippen LogP) is 1.92. The van der Waals surface area contributed by atoms with Crippen LogP contribution >= 0.6 is 0 Å². The number of hydrogen-bond acceptors (Lipinski definition) is 2. The molecule has 0 fully saturated rings. The molecule has 0 aliphatic rings. The molecule has 0 aromatic carbocycles. The van der Waals surface area contributed by atoms with Crippen LogP contribution in [0, 0.1) is 0 Å². The summed E-state index contributed by atoms with van der Waals surface area (Å²) in [6.07, 6.45) is 1.49. The fraction of sp³-hybridized carbons (Fsp3) is 1.00. The van der Waals surface area contributed by atoms with Gasteiger partial charge in [-0.25, -0.2) is 0 Å². The van der Waals surface area contributed by atoms with Gasteiger partial charge >= 0.3 is 0 Å². The molecule has 4 heteroatoms. The van der Waals surface area contributed by atoms with Gasteiger partial charge in [0.1, 0.15) is 8.96 Å². The van der Waals surface area contributed by atoms with Crippen LogP contribution in [0.4, 0.5) is 0 Å². The van der Waals surface area contributed by atoms with Gasteiger partial charge in [0.05, 0.1) is 9.68 Å². The Labute approximate surface area is 107 Å². The minimum atomic E-state index is -0.561. The molecule has 0 amide bonds. The van der Waals surface area contributed by atoms with E-state index in [4.69, 9.17) is 0 Å². The second-order valence-electron chi connectivity index (χ2n) is 4.59. The summed E-state index contributed by atoms with van der Waals surface area (Å²) in [6.45, 7) is 16.8. The highest BCUT2D eigenvalue weighted by Crippen LogP contribution is 2.07. The summed E-state index contributed by atoms with van der Waals surface area (Å²) in [4.78, 5) is 0. The van der Waals surface area contributed by atoms with Crippen LogP contribution in [0.5, 0.6) is 0 Å². The van der Waals surface area contributed by atoms with Gasteiger partial charge in [-0.2, -0.15) is 0 Å². The molecule has 0 rings (SSSR count). The monoisotopic (exact) mass is 260 g/mol. The van der Waals surface area contributed by atoms with E-state index in [1.165, 1.54) is 44.7 Å². The van der Waals surface area contributed by atoms with Crippen LogP contribution in [-0.2, 0) is 0 Å². The van der Waals surface area contributed by atoms with Crippen molar-refractivity contribution in [2.75, 3.05) is 26.2 Å². The Morgan fingerprint density at radius 3 is 1.94 bits per heavy atom. The number of nitrogens with zero attached hydrogens (tertiary/aromatic N) is 2. The largest absolute Gasteiger partial charge is 0.330 e. The van der Waals surface area contributed by atoms with Crippen molar-refractivity contribution in [1.29, 1.82) is 0 Å². The maximum atomic E-state index is 2.71. The molecule has 0 saturated heterocycles. The van der Waals surface area contributed by atoms with Gasteiger partial charge < -0.3 is 9.13 Å². The van der Waals surface area contributed by atoms with E-state index in [0.717, 1.165) is 0 Å². The molecule has 0 bridgehead atoms. The second-order valence-corrected chi connectivity index (χ2v) is 9.65. The van der Waals surface area contributed by atoms with Gasteiger partial charge in [0.2, 0.25) is 0 Å². The Hall–Kier alpha value is 0.354. The summed E-state index contributed by atoms with van der Waals surface area (Å²) in [5, 5.41) is 0. The van der Waals surface area contributed by atoms with Gasteiger partial charge in [0.15, 0.2) is 0 Å². The zero-order chi connectivity index (χ0) is 12.4. The summed E-state index contributed by atoms with van der Waals surface area (Å²) in [7, 11) is -0.479. The maximum Gasteiger partial charge on any atom is 0.108 e. The summed E-state index contributed by atoms with van der Waals surface area (Å²) in [5.41, 5.74) is 0. The molecule has 1 atom stereocenters. The van der Waals surface area contributed by atoms with Crippen molar-refractivity contribution in [2.24, 2.45) is 0 Å². The lowest BCUT2D eigenvalue weighted by molar-refractivity contribution is 0.477. The zero-order valence-corrected chi connectivity index (χ0v) is 14.7. The van der Waals surface area contributed by atoms with Crippen LogP contribution in [0.2, 0.25) is 18.6 Å². The van der Waals surface area contributed by atoms with Crippen LogP contribution in [0.3, 0.4) is 0 Å². The van der Waals surface area contributed by atoms with E-state index < -0.39 is 8.96 Å². The van der Waals surface area contributed by atoms with E-state index in [-0.39, 0.29) is 9.68 Å². The van der Waals surface area contributed by atoms with E-state index in [9.17, 15) is 0 Å². The lowest BCUT2D eigenvalue weighted by atomic mass is 10.6. The standard InChI is InChI=1S/C12H32N2Si2/c1-6-13(7-2)15-11-10-12-16(5)14(8-3)9-4/h16H,6-12,15H2,1-5H3. The third-order valence-corrected chi connectivity index (χ3v) is 9.24. The van der Waals surface area contributed by atoms with E-state index in [1.807, 2.05) is 0 Å². The van der Waals surface area contributed by atoms with E-state index in [0.29, 0.717) is 0 Å². The summed E-state index contributed by atoms with van der Waals surface area (Å²) in [6, 6.07) is 3.05. The van der Waals surface area contributed by atoms with Crippen molar-refractivity contribution in [3.05, 3.63) is 0 Å². The van der Waals surface area contributed by atoms with Gasteiger partial charge in [-0.1, -0.05) is 46.7 Å². The Kier molecular flexibility index (Phi) is 10.7. The second kappa shape index (κ2) is 10.5. The molecular weight excluding hydrogens is 228 g/mol. The molecule has 98 valence electrons. The van der Waals surface area contributed by atoms with Crippen molar-refractivity contribution >= 4 is 18.6 Å². The Bertz CT molecular complexity index is 148. The fourth-order valence-electron chi connectivity index (χ4n) is 2.34. The molecule has 16 heavy (non-hydrogen) atoms. The summed E-state index contributed by atoms with van der Waals surface area (Å²) in [5.74, 6) is 0. The molecular formula is C12H32N2Si2.